The lowest BCUT2D eigenvalue weighted by molar-refractivity contribution is 0.669. The number of para-hydroxylation sites is 5. The van der Waals surface area contributed by atoms with Crippen molar-refractivity contribution in [2.75, 3.05) is 4.90 Å². The number of anilines is 3. The quantitative estimate of drug-likeness (QED) is 0.161. The summed E-state index contributed by atoms with van der Waals surface area (Å²) < 4.78 is 12.8. The summed E-state index contributed by atoms with van der Waals surface area (Å²) >= 11 is 0. The Bertz CT molecular complexity index is 3410. The fourth-order valence-electron chi connectivity index (χ4n) is 8.76. The lowest BCUT2D eigenvalue weighted by Crippen LogP contribution is -2.10. The minimum atomic E-state index is 0.684. The molecule has 0 amide bonds. The molecule has 0 radical (unpaired) electrons. The Kier molecular flexibility index (Phi) is 8.10. The first-order valence-electron chi connectivity index (χ1n) is 20.5. The van der Waals surface area contributed by atoms with Gasteiger partial charge in [-0.1, -0.05) is 146 Å². The molecule has 61 heavy (non-hydrogen) atoms. The molecular formula is C56H35N3O2. The fourth-order valence-corrected chi connectivity index (χ4v) is 8.76. The van der Waals surface area contributed by atoms with Crippen LogP contribution in [0.4, 0.5) is 17.1 Å². The molecule has 0 saturated heterocycles. The third-order valence-corrected chi connectivity index (χ3v) is 11.7. The maximum absolute atomic E-state index is 6.42. The molecule has 3 aromatic heterocycles. The maximum Gasteiger partial charge on any atom is 0.160 e. The van der Waals surface area contributed by atoms with Gasteiger partial charge in [-0.05, 0) is 77.9 Å². The number of benzene rings is 9. The van der Waals surface area contributed by atoms with Crippen LogP contribution in [0.3, 0.4) is 0 Å². The number of rotatable bonds is 7. The van der Waals surface area contributed by atoms with Crippen molar-refractivity contribution in [2.45, 2.75) is 0 Å². The van der Waals surface area contributed by atoms with Crippen molar-refractivity contribution in [3.05, 3.63) is 212 Å². The molecule has 0 N–H and O–H groups in total. The molecule has 12 rings (SSSR count). The predicted molar refractivity (Wildman–Crippen MR) is 251 cm³/mol. The van der Waals surface area contributed by atoms with E-state index in [1.165, 1.54) is 0 Å². The van der Waals surface area contributed by atoms with Crippen molar-refractivity contribution in [1.82, 2.24) is 9.97 Å². The fraction of sp³-hybridized carbons (Fsp3) is 0. The smallest absolute Gasteiger partial charge is 0.160 e. The van der Waals surface area contributed by atoms with Crippen molar-refractivity contribution in [3.63, 3.8) is 0 Å². The second-order valence-electron chi connectivity index (χ2n) is 15.3. The summed E-state index contributed by atoms with van der Waals surface area (Å²) in [4.78, 5) is 12.5. The zero-order valence-corrected chi connectivity index (χ0v) is 32.9. The first-order valence-corrected chi connectivity index (χ1v) is 20.5. The minimum absolute atomic E-state index is 0.684. The Morgan fingerprint density at radius 3 is 1.30 bits per heavy atom. The van der Waals surface area contributed by atoms with E-state index >= 15 is 0 Å². The van der Waals surface area contributed by atoms with Gasteiger partial charge in [0.25, 0.3) is 0 Å². The molecular weight excluding hydrogens is 747 g/mol. The van der Waals surface area contributed by atoms with Gasteiger partial charge in [-0.2, -0.15) is 0 Å². The van der Waals surface area contributed by atoms with E-state index in [0.29, 0.717) is 5.82 Å². The third-order valence-electron chi connectivity index (χ3n) is 11.7. The van der Waals surface area contributed by atoms with E-state index in [1.807, 2.05) is 54.6 Å². The van der Waals surface area contributed by atoms with E-state index in [1.54, 1.807) is 0 Å². The molecule has 3 heterocycles. The van der Waals surface area contributed by atoms with Crippen LogP contribution in [0.15, 0.2) is 221 Å². The van der Waals surface area contributed by atoms with Crippen molar-refractivity contribution < 1.29 is 8.83 Å². The normalized spacial score (nSPS) is 11.6. The zero-order chi connectivity index (χ0) is 40.3. The number of hydrogen-bond donors (Lipinski definition) is 0. The van der Waals surface area contributed by atoms with Crippen LogP contribution >= 0.6 is 0 Å². The number of nitrogens with zero attached hydrogens (tertiary/aromatic N) is 3. The number of aromatic nitrogens is 2. The number of fused-ring (bicyclic) bond motifs is 7. The first kappa shape index (κ1) is 34.7. The summed E-state index contributed by atoms with van der Waals surface area (Å²) in [7, 11) is 0. The van der Waals surface area contributed by atoms with Gasteiger partial charge >= 0.3 is 0 Å². The van der Waals surface area contributed by atoms with Crippen LogP contribution < -0.4 is 4.90 Å². The van der Waals surface area contributed by atoms with Crippen molar-refractivity contribution in [3.8, 4) is 44.9 Å². The summed E-state index contributed by atoms with van der Waals surface area (Å²) in [6.07, 6.45) is 0. The molecule has 12 aromatic rings. The van der Waals surface area contributed by atoms with Crippen LogP contribution in [0.25, 0.3) is 99.7 Å². The minimum Gasteiger partial charge on any atom is -0.455 e. The molecule has 0 unspecified atom stereocenters. The average molecular weight is 782 g/mol. The van der Waals surface area contributed by atoms with E-state index in [0.717, 1.165) is 111 Å². The average Bonchev–Trinajstić information content (AvgIpc) is 3.91. The van der Waals surface area contributed by atoms with E-state index in [2.05, 4.69) is 163 Å². The predicted octanol–water partition coefficient (Wildman–Crippen LogP) is 15.6. The molecule has 9 aromatic carbocycles. The van der Waals surface area contributed by atoms with Crippen molar-refractivity contribution in [2.24, 2.45) is 0 Å². The summed E-state index contributed by atoms with van der Waals surface area (Å²) in [6.45, 7) is 0. The lowest BCUT2D eigenvalue weighted by atomic mass is 10.0. The van der Waals surface area contributed by atoms with Gasteiger partial charge in [-0.15, -0.1) is 0 Å². The van der Waals surface area contributed by atoms with Crippen molar-refractivity contribution in [1.29, 1.82) is 0 Å². The molecule has 0 saturated carbocycles. The highest BCUT2D eigenvalue weighted by Gasteiger charge is 2.18. The van der Waals surface area contributed by atoms with Crippen LogP contribution in [-0.2, 0) is 0 Å². The van der Waals surface area contributed by atoms with Gasteiger partial charge in [-0.25, -0.2) is 9.97 Å². The Morgan fingerprint density at radius 2 is 0.754 bits per heavy atom. The molecule has 0 aliphatic heterocycles. The van der Waals surface area contributed by atoms with E-state index in [4.69, 9.17) is 18.8 Å². The van der Waals surface area contributed by atoms with Crippen molar-refractivity contribution >= 4 is 71.8 Å². The second kappa shape index (κ2) is 14.2. The van der Waals surface area contributed by atoms with Crippen LogP contribution in [0.1, 0.15) is 0 Å². The highest BCUT2D eigenvalue weighted by atomic mass is 16.3. The Morgan fingerprint density at radius 1 is 0.311 bits per heavy atom. The van der Waals surface area contributed by atoms with E-state index in [-0.39, 0.29) is 0 Å². The molecule has 0 bridgehead atoms. The Hall–Kier alpha value is -8.28. The van der Waals surface area contributed by atoms with Gasteiger partial charge in [0.05, 0.1) is 11.2 Å². The molecule has 5 heteroatoms. The summed E-state index contributed by atoms with van der Waals surface area (Å²) in [6, 6.07) is 73.8. The van der Waals surface area contributed by atoms with Crippen LogP contribution in [0.2, 0.25) is 0 Å². The molecule has 0 aliphatic carbocycles. The SMILES string of the molecule is c1ccc(-c2nc(-c3ccc(N(c4ccc(-c5cccc6c5oc5ccccc56)cc4)c4ccc(-c5cccc6c5oc5ccccc56)cc4)cc3)nc3ccccc23)cc1. The zero-order valence-electron chi connectivity index (χ0n) is 32.9. The highest BCUT2D eigenvalue weighted by molar-refractivity contribution is 6.10. The van der Waals surface area contributed by atoms with E-state index < -0.39 is 0 Å². The van der Waals surface area contributed by atoms with Gasteiger partial charge in [0.2, 0.25) is 0 Å². The lowest BCUT2D eigenvalue weighted by Gasteiger charge is -2.26. The molecule has 286 valence electrons. The van der Waals surface area contributed by atoms with Crippen LogP contribution in [-0.4, -0.2) is 9.97 Å². The summed E-state index contributed by atoms with van der Waals surface area (Å²) in [5, 5.41) is 5.50. The summed E-state index contributed by atoms with van der Waals surface area (Å²) in [5.41, 5.74) is 14.7. The Labute approximate surface area is 351 Å². The first-order chi connectivity index (χ1) is 30.2. The van der Waals surface area contributed by atoms with Gasteiger partial charge in [0.1, 0.15) is 22.3 Å². The van der Waals surface area contributed by atoms with E-state index in [9.17, 15) is 0 Å². The van der Waals surface area contributed by atoms with Gasteiger partial charge in [-0.3, -0.25) is 0 Å². The summed E-state index contributed by atoms with van der Waals surface area (Å²) in [5.74, 6) is 0.684. The van der Waals surface area contributed by atoms with Gasteiger partial charge in [0.15, 0.2) is 5.82 Å². The molecule has 5 nitrogen and oxygen atoms in total. The van der Waals surface area contributed by atoms with Gasteiger partial charge in [0, 0.05) is 66.2 Å². The van der Waals surface area contributed by atoms with Crippen LogP contribution in [0, 0.1) is 0 Å². The topological polar surface area (TPSA) is 55.3 Å². The van der Waals surface area contributed by atoms with Crippen LogP contribution in [0.5, 0.6) is 0 Å². The molecule has 0 fully saturated rings. The molecule has 0 atom stereocenters. The largest absolute Gasteiger partial charge is 0.455 e. The van der Waals surface area contributed by atoms with Gasteiger partial charge < -0.3 is 13.7 Å². The third kappa shape index (κ3) is 5.94. The Balaban J connectivity index is 0.953. The monoisotopic (exact) mass is 781 g/mol. The standard InChI is InChI=1S/C56H35N3O2/c1-2-12-38(13-3-1)53-49-16-4-7-21-50(49)57-56(58-53)39-28-34-42(35-29-39)59(40-30-24-36(25-31-40)43-17-10-19-47-45-14-5-8-22-51(45)60-54(43)47)41-32-26-37(27-33-41)44-18-11-20-48-46-15-6-9-23-52(46)61-55(44)48/h1-35H. The number of furan rings is 2. The highest BCUT2D eigenvalue weighted by Crippen LogP contribution is 2.41. The maximum atomic E-state index is 6.42. The second-order valence-corrected chi connectivity index (χ2v) is 15.3. The molecule has 0 aliphatic rings. The number of hydrogen-bond acceptors (Lipinski definition) is 5. The molecule has 0 spiro atoms.